The Bertz CT molecular complexity index is 1430. The van der Waals surface area contributed by atoms with E-state index in [1.54, 1.807) is 11.0 Å². The number of thiazole rings is 1. The van der Waals surface area contributed by atoms with Crippen molar-refractivity contribution in [2.24, 2.45) is 0 Å². The van der Waals surface area contributed by atoms with Crippen LogP contribution in [0.4, 0.5) is 5.13 Å². The van der Waals surface area contributed by atoms with Gasteiger partial charge in [0, 0.05) is 4.88 Å². The third kappa shape index (κ3) is 3.53. The minimum atomic E-state index is -0.649. The van der Waals surface area contributed by atoms with Gasteiger partial charge in [-0.15, -0.1) is 11.3 Å². The molecule has 0 unspecified atom stereocenters. The Labute approximate surface area is 195 Å². The first kappa shape index (κ1) is 21.4. The van der Waals surface area contributed by atoms with E-state index in [1.807, 2.05) is 64.1 Å². The summed E-state index contributed by atoms with van der Waals surface area (Å²) in [5, 5.41) is 1.02. The molecule has 2 aromatic carbocycles. The van der Waals surface area contributed by atoms with Crippen molar-refractivity contribution in [1.29, 1.82) is 0 Å². The molecule has 3 heterocycles. The van der Waals surface area contributed by atoms with Gasteiger partial charge in [-0.05, 0) is 57.0 Å². The lowest BCUT2D eigenvalue weighted by Crippen LogP contribution is -2.29. The Balaban J connectivity index is 1.76. The second kappa shape index (κ2) is 8.15. The van der Waals surface area contributed by atoms with Crippen molar-refractivity contribution < 1.29 is 13.9 Å². The molecule has 1 amide bonds. The number of benzene rings is 2. The van der Waals surface area contributed by atoms with Gasteiger partial charge < -0.3 is 9.15 Å². The van der Waals surface area contributed by atoms with Gasteiger partial charge in [-0.1, -0.05) is 30.7 Å². The van der Waals surface area contributed by atoms with Gasteiger partial charge in [0.25, 0.3) is 5.91 Å². The van der Waals surface area contributed by atoms with Crippen LogP contribution in [0.1, 0.15) is 57.2 Å². The highest BCUT2D eigenvalue weighted by Crippen LogP contribution is 2.43. The zero-order valence-electron chi connectivity index (χ0n) is 19.0. The second-order valence-electron chi connectivity index (χ2n) is 8.31. The average Bonchev–Trinajstić information content (AvgIpc) is 3.29. The van der Waals surface area contributed by atoms with Crippen LogP contribution in [0.5, 0.6) is 5.75 Å². The molecule has 0 radical (unpaired) electrons. The maximum atomic E-state index is 13.7. The number of fused-ring (bicyclic) bond motifs is 2. The summed E-state index contributed by atoms with van der Waals surface area (Å²) in [6.07, 6.45) is 0.883. The number of aryl methyl sites for hydroxylation is 3. The van der Waals surface area contributed by atoms with Crippen LogP contribution in [0.2, 0.25) is 0 Å². The summed E-state index contributed by atoms with van der Waals surface area (Å²) in [5.74, 6) is 0.415. The summed E-state index contributed by atoms with van der Waals surface area (Å²) in [6, 6.07) is 12.3. The number of hydrogen-bond donors (Lipinski definition) is 0. The first-order valence-corrected chi connectivity index (χ1v) is 11.8. The third-order valence-corrected chi connectivity index (χ3v) is 6.97. The number of hydrogen-bond acceptors (Lipinski definition) is 6. The fourth-order valence-electron chi connectivity index (χ4n) is 4.15. The summed E-state index contributed by atoms with van der Waals surface area (Å²) in [6.45, 7) is 8.44. The van der Waals surface area contributed by atoms with Crippen molar-refractivity contribution in [2.75, 3.05) is 11.5 Å². The smallest absolute Gasteiger partial charge is 0.297 e. The topological polar surface area (TPSA) is 72.6 Å². The highest BCUT2D eigenvalue weighted by atomic mass is 32.1. The van der Waals surface area contributed by atoms with E-state index in [1.165, 1.54) is 11.3 Å². The Kier molecular flexibility index (Phi) is 5.29. The molecule has 1 atom stereocenters. The van der Waals surface area contributed by atoms with E-state index in [2.05, 4.69) is 4.98 Å². The number of amides is 1. The largest absolute Gasteiger partial charge is 0.494 e. The van der Waals surface area contributed by atoms with Crippen molar-refractivity contribution in [2.45, 2.75) is 40.2 Å². The van der Waals surface area contributed by atoms with Gasteiger partial charge in [-0.25, -0.2) is 4.98 Å². The summed E-state index contributed by atoms with van der Waals surface area (Å²) in [4.78, 5) is 34.6. The van der Waals surface area contributed by atoms with Crippen molar-refractivity contribution in [1.82, 2.24) is 4.98 Å². The number of ether oxygens (including phenoxy) is 1. The van der Waals surface area contributed by atoms with Crippen molar-refractivity contribution in [3.8, 4) is 5.75 Å². The first-order valence-electron chi connectivity index (χ1n) is 11.0. The standard InChI is InChI=1S/C26H24N2O4S/c1-5-11-31-18-8-6-7-17(13-18)22-21-23(29)19-12-14(2)9-10-20(19)32-24(21)25(30)28(22)26-27-15(3)16(4)33-26/h6-10,12-13,22H,5,11H2,1-4H3/t22-/m0/s1. The van der Waals surface area contributed by atoms with Gasteiger partial charge in [-0.2, -0.15) is 0 Å². The molecule has 0 bridgehead atoms. The number of nitrogens with zero attached hydrogens (tertiary/aromatic N) is 2. The van der Waals surface area contributed by atoms with Crippen LogP contribution in [0.15, 0.2) is 51.7 Å². The summed E-state index contributed by atoms with van der Waals surface area (Å²) < 4.78 is 11.9. The van der Waals surface area contributed by atoms with E-state index in [0.717, 1.165) is 28.1 Å². The van der Waals surface area contributed by atoms with Gasteiger partial charge in [0.1, 0.15) is 11.3 Å². The van der Waals surface area contributed by atoms with Gasteiger partial charge >= 0.3 is 0 Å². The number of carbonyl (C=O) groups excluding carboxylic acids is 1. The van der Waals surface area contributed by atoms with E-state index in [0.29, 0.717) is 34.0 Å². The minimum absolute atomic E-state index is 0.0757. The maximum Gasteiger partial charge on any atom is 0.297 e. The van der Waals surface area contributed by atoms with Gasteiger partial charge in [0.05, 0.1) is 29.3 Å². The number of rotatable bonds is 5. The quantitative estimate of drug-likeness (QED) is 0.381. The molecule has 4 aromatic rings. The normalized spacial score (nSPS) is 15.3. The summed E-state index contributed by atoms with van der Waals surface area (Å²) in [7, 11) is 0. The van der Waals surface area contributed by atoms with Gasteiger partial charge in [-0.3, -0.25) is 14.5 Å². The van der Waals surface area contributed by atoms with Crippen molar-refractivity contribution in [3.05, 3.63) is 85.7 Å². The maximum absolute atomic E-state index is 13.7. The highest BCUT2D eigenvalue weighted by Gasteiger charge is 2.45. The fraction of sp³-hybridized carbons (Fsp3) is 0.269. The van der Waals surface area contributed by atoms with Gasteiger partial charge in [0.2, 0.25) is 5.76 Å². The minimum Gasteiger partial charge on any atom is -0.494 e. The van der Waals surface area contributed by atoms with Crippen LogP contribution in [0.25, 0.3) is 11.0 Å². The molecule has 168 valence electrons. The molecule has 1 aliphatic heterocycles. The molecular formula is C26H24N2O4S. The molecule has 1 aliphatic rings. The zero-order valence-corrected chi connectivity index (χ0v) is 19.8. The van der Waals surface area contributed by atoms with Crippen LogP contribution in [-0.4, -0.2) is 17.5 Å². The van der Waals surface area contributed by atoms with Crippen molar-refractivity contribution in [3.63, 3.8) is 0 Å². The molecule has 0 N–H and O–H groups in total. The SMILES string of the molecule is CCCOc1cccc([C@H]2c3c(oc4ccc(C)cc4c3=O)C(=O)N2c2nc(C)c(C)s2)c1. The number of carbonyl (C=O) groups is 1. The summed E-state index contributed by atoms with van der Waals surface area (Å²) in [5.41, 5.74) is 3.15. The Hall–Kier alpha value is -3.45. The predicted molar refractivity (Wildman–Crippen MR) is 130 cm³/mol. The molecule has 6 nitrogen and oxygen atoms in total. The predicted octanol–water partition coefficient (Wildman–Crippen LogP) is 5.71. The molecule has 2 aromatic heterocycles. The molecule has 0 saturated carbocycles. The van der Waals surface area contributed by atoms with E-state index in [9.17, 15) is 9.59 Å². The molecule has 7 heteroatoms. The molecule has 5 rings (SSSR count). The van der Waals surface area contributed by atoms with Crippen LogP contribution in [-0.2, 0) is 0 Å². The summed E-state index contributed by atoms with van der Waals surface area (Å²) >= 11 is 1.43. The van der Waals surface area contributed by atoms with E-state index < -0.39 is 6.04 Å². The number of anilines is 1. The van der Waals surface area contributed by atoms with Crippen molar-refractivity contribution >= 4 is 33.3 Å². The third-order valence-electron chi connectivity index (χ3n) is 5.90. The molecule has 0 spiro atoms. The van der Waals surface area contributed by atoms with E-state index >= 15 is 0 Å². The van der Waals surface area contributed by atoms with Crippen LogP contribution in [0, 0.1) is 20.8 Å². The van der Waals surface area contributed by atoms with Crippen LogP contribution < -0.4 is 15.1 Å². The molecule has 33 heavy (non-hydrogen) atoms. The average molecular weight is 461 g/mol. The van der Waals surface area contributed by atoms with Crippen LogP contribution in [0.3, 0.4) is 0 Å². The lowest BCUT2D eigenvalue weighted by atomic mass is 9.98. The molecular weight excluding hydrogens is 436 g/mol. The van der Waals surface area contributed by atoms with Crippen LogP contribution >= 0.6 is 11.3 Å². The highest BCUT2D eigenvalue weighted by molar-refractivity contribution is 7.15. The lowest BCUT2D eigenvalue weighted by Gasteiger charge is -2.23. The van der Waals surface area contributed by atoms with E-state index in [4.69, 9.17) is 9.15 Å². The molecule has 0 saturated heterocycles. The Morgan fingerprint density at radius 3 is 2.67 bits per heavy atom. The second-order valence-corrected chi connectivity index (χ2v) is 9.49. The van der Waals surface area contributed by atoms with Gasteiger partial charge in [0.15, 0.2) is 10.6 Å². The monoisotopic (exact) mass is 460 g/mol. The molecule has 0 aliphatic carbocycles. The Morgan fingerprint density at radius 2 is 1.94 bits per heavy atom. The fourth-order valence-corrected chi connectivity index (χ4v) is 5.09. The van der Waals surface area contributed by atoms with E-state index in [-0.39, 0.29) is 17.1 Å². The first-order chi connectivity index (χ1) is 15.9. The zero-order chi connectivity index (χ0) is 23.3. The lowest BCUT2D eigenvalue weighted by molar-refractivity contribution is 0.0971. The molecule has 0 fully saturated rings. The Morgan fingerprint density at radius 1 is 1.12 bits per heavy atom. The number of aromatic nitrogens is 1.